The maximum absolute atomic E-state index is 13.0. The predicted molar refractivity (Wildman–Crippen MR) is 115 cm³/mol. The van der Waals surface area contributed by atoms with Crippen molar-refractivity contribution in [2.75, 3.05) is 5.32 Å². The van der Waals surface area contributed by atoms with E-state index in [2.05, 4.69) is 10.6 Å². The summed E-state index contributed by atoms with van der Waals surface area (Å²) in [7, 11) is 0. The number of rotatable bonds is 7. The molecule has 0 saturated carbocycles. The number of nitro groups is 1. The average Bonchev–Trinajstić information content (AvgIpc) is 2.77. The summed E-state index contributed by atoms with van der Waals surface area (Å²) in [6, 6.07) is 18.1. The summed E-state index contributed by atoms with van der Waals surface area (Å²) < 4.78 is 13.0. The van der Waals surface area contributed by atoms with Crippen molar-refractivity contribution in [1.29, 1.82) is 0 Å². The minimum absolute atomic E-state index is 0.0537. The fourth-order valence-corrected chi connectivity index (χ4v) is 2.73. The molecule has 0 aromatic heterocycles. The summed E-state index contributed by atoms with van der Waals surface area (Å²) in [5.74, 6) is -1.16. The Hall–Kier alpha value is -4.33. The largest absolute Gasteiger partial charge is 0.348 e. The summed E-state index contributed by atoms with van der Waals surface area (Å²) in [5, 5.41) is 16.2. The molecule has 2 amide bonds. The fraction of sp³-hybridized carbons (Fsp3) is 0.0435. The number of nitrogens with zero attached hydrogens (tertiary/aromatic N) is 1. The van der Waals surface area contributed by atoms with Crippen molar-refractivity contribution < 1.29 is 18.9 Å². The van der Waals surface area contributed by atoms with Crippen LogP contribution < -0.4 is 10.6 Å². The number of carbonyl (C=O) groups excluding carboxylic acids is 2. The number of hydrogen-bond acceptors (Lipinski definition) is 4. The van der Waals surface area contributed by atoms with Crippen molar-refractivity contribution in [1.82, 2.24) is 5.32 Å². The van der Waals surface area contributed by atoms with E-state index in [1.807, 2.05) is 0 Å². The molecular weight excluding hydrogens is 401 g/mol. The maximum atomic E-state index is 13.0. The first-order valence-electron chi connectivity index (χ1n) is 9.27. The van der Waals surface area contributed by atoms with Gasteiger partial charge in [0.2, 0.25) is 5.91 Å². The Bertz CT molecular complexity index is 1140. The smallest absolute Gasteiger partial charge is 0.270 e. The average molecular weight is 419 g/mol. The first-order chi connectivity index (χ1) is 14.9. The van der Waals surface area contributed by atoms with Crippen LogP contribution in [0.2, 0.25) is 0 Å². The third-order valence-electron chi connectivity index (χ3n) is 4.27. The summed E-state index contributed by atoms with van der Waals surface area (Å²) in [6.45, 7) is 0.221. The molecule has 0 fully saturated rings. The minimum atomic E-state index is -0.501. The van der Waals surface area contributed by atoms with Gasteiger partial charge < -0.3 is 10.6 Å². The first kappa shape index (κ1) is 21.4. The van der Waals surface area contributed by atoms with Crippen LogP contribution in [0, 0.1) is 15.9 Å². The predicted octanol–water partition coefficient (Wildman–Crippen LogP) is 4.32. The van der Waals surface area contributed by atoms with Crippen LogP contribution in [0.5, 0.6) is 0 Å². The van der Waals surface area contributed by atoms with Crippen LogP contribution >= 0.6 is 0 Å². The molecule has 0 unspecified atom stereocenters. The highest BCUT2D eigenvalue weighted by atomic mass is 19.1. The number of carbonyl (C=O) groups is 2. The highest BCUT2D eigenvalue weighted by Gasteiger charge is 2.07. The summed E-state index contributed by atoms with van der Waals surface area (Å²) >= 11 is 0. The van der Waals surface area contributed by atoms with Gasteiger partial charge in [0.1, 0.15) is 5.82 Å². The topological polar surface area (TPSA) is 101 Å². The van der Waals surface area contributed by atoms with Crippen molar-refractivity contribution in [2.24, 2.45) is 0 Å². The third-order valence-corrected chi connectivity index (χ3v) is 4.27. The Morgan fingerprint density at radius 2 is 1.74 bits per heavy atom. The van der Waals surface area contributed by atoms with Crippen molar-refractivity contribution in [3.8, 4) is 0 Å². The van der Waals surface area contributed by atoms with Gasteiger partial charge in [-0.1, -0.05) is 24.3 Å². The number of benzene rings is 3. The van der Waals surface area contributed by atoms with Gasteiger partial charge in [-0.05, 0) is 53.6 Å². The van der Waals surface area contributed by atoms with Gasteiger partial charge in [0.25, 0.3) is 11.6 Å². The van der Waals surface area contributed by atoms with Gasteiger partial charge in [0.05, 0.1) is 4.92 Å². The Labute approximate surface area is 177 Å². The molecule has 3 aromatic rings. The van der Waals surface area contributed by atoms with E-state index in [1.54, 1.807) is 36.4 Å². The van der Waals surface area contributed by atoms with Gasteiger partial charge in [-0.3, -0.25) is 19.7 Å². The molecular formula is C23H18FN3O4. The van der Waals surface area contributed by atoms with E-state index in [1.165, 1.54) is 48.6 Å². The zero-order valence-corrected chi connectivity index (χ0v) is 16.2. The lowest BCUT2D eigenvalue weighted by Crippen LogP contribution is -2.20. The molecule has 156 valence electrons. The number of nitrogens with one attached hydrogen (secondary N) is 2. The number of hydrogen-bond donors (Lipinski definition) is 2. The summed E-state index contributed by atoms with van der Waals surface area (Å²) in [4.78, 5) is 34.6. The van der Waals surface area contributed by atoms with E-state index >= 15 is 0 Å². The van der Waals surface area contributed by atoms with Crippen LogP contribution in [-0.2, 0) is 11.3 Å². The molecule has 0 heterocycles. The van der Waals surface area contributed by atoms with Crippen LogP contribution in [0.3, 0.4) is 0 Å². The minimum Gasteiger partial charge on any atom is -0.348 e. The molecule has 0 atom stereocenters. The molecule has 0 bridgehead atoms. The Morgan fingerprint density at radius 1 is 1.00 bits per heavy atom. The van der Waals surface area contributed by atoms with Crippen LogP contribution in [0.15, 0.2) is 78.9 Å². The second kappa shape index (κ2) is 9.93. The molecule has 3 rings (SSSR count). The molecule has 2 N–H and O–H groups in total. The normalized spacial score (nSPS) is 10.6. The van der Waals surface area contributed by atoms with E-state index in [9.17, 15) is 24.1 Å². The van der Waals surface area contributed by atoms with Gasteiger partial charge >= 0.3 is 0 Å². The van der Waals surface area contributed by atoms with Gasteiger partial charge in [-0.15, -0.1) is 0 Å². The lowest BCUT2D eigenvalue weighted by molar-refractivity contribution is -0.384. The molecule has 0 aliphatic heterocycles. The highest BCUT2D eigenvalue weighted by Crippen LogP contribution is 2.15. The van der Waals surface area contributed by atoms with Crippen molar-refractivity contribution >= 4 is 29.3 Å². The number of anilines is 1. The zero-order chi connectivity index (χ0) is 22.2. The standard InChI is InChI=1S/C23H18FN3O4/c24-19-10-8-18(9-11-19)23(29)26-20-5-1-4-17(13-20)15-25-22(28)12-7-16-3-2-6-21(14-16)27(30)31/h1-14H,15H2,(H,25,28)(H,26,29)/b12-7+. The molecule has 7 nitrogen and oxygen atoms in total. The Morgan fingerprint density at radius 3 is 2.48 bits per heavy atom. The zero-order valence-electron chi connectivity index (χ0n) is 16.2. The SMILES string of the molecule is O=C(/C=C/c1cccc([N+](=O)[O-])c1)NCc1cccc(NC(=O)c2ccc(F)cc2)c1. The van der Waals surface area contributed by atoms with Crippen LogP contribution in [-0.4, -0.2) is 16.7 Å². The highest BCUT2D eigenvalue weighted by molar-refractivity contribution is 6.04. The molecule has 8 heteroatoms. The van der Waals surface area contributed by atoms with Crippen molar-refractivity contribution in [3.05, 3.63) is 111 Å². The summed E-state index contributed by atoms with van der Waals surface area (Å²) in [6.07, 6.45) is 2.78. The van der Waals surface area contributed by atoms with Gasteiger partial charge in [0.15, 0.2) is 0 Å². The maximum Gasteiger partial charge on any atom is 0.270 e. The number of halogens is 1. The molecule has 0 aliphatic carbocycles. The lowest BCUT2D eigenvalue weighted by Gasteiger charge is -2.08. The van der Waals surface area contributed by atoms with Gasteiger partial charge in [0, 0.05) is 36.0 Å². The summed E-state index contributed by atoms with van der Waals surface area (Å²) in [5.41, 5.74) is 2.10. The molecule has 0 radical (unpaired) electrons. The third kappa shape index (κ3) is 6.33. The van der Waals surface area contributed by atoms with Gasteiger partial charge in [-0.25, -0.2) is 4.39 Å². The van der Waals surface area contributed by atoms with E-state index in [-0.39, 0.29) is 24.0 Å². The quantitative estimate of drug-likeness (QED) is 0.338. The number of non-ortho nitro benzene ring substituents is 1. The van der Waals surface area contributed by atoms with E-state index in [0.29, 0.717) is 16.8 Å². The van der Waals surface area contributed by atoms with Crippen molar-refractivity contribution in [2.45, 2.75) is 6.54 Å². The van der Waals surface area contributed by atoms with Crippen LogP contribution in [0.4, 0.5) is 15.8 Å². The lowest BCUT2D eigenvalue weighted by atomic mass is 10.1. The Balaban J connectivity index is 1.56. The van der Waals surface area contributed by atoms with Crippen LogP contribution in [0.1, 0.15) is 21.5 Å². The fourth-order valence-electron chi connectivity index (χ4n) is 2.73. The van der Waals surface area contributed by atoms with E-state index in [0.717, 1.165) is 5.56 Å². The van der Waals surface area contributed by atoms with Gasteiger partial charge in [-0.2, -0.15) is 0 Å². The molecule has 0 aliphatic rings. The second-order valence-corrected chi connectivity index (χ2v) is 6.56. The first-order valence-corrected chi connectivity index (χ1v) is 9.27. The van der Waals surface area contributed by atoms with E-state index < -0.39 is 10.7 Å². The second-order valence-electron chi connectivity index (χ2n) is 6.56. The number of amides is 2. The monoisotopic (exact) mass is 419 g/mol. The number of nitro benzene ring substituents is 1. The molecule has 0 saturated heterocycles. The van der Waals surface area contributed by atoms with Crippen LogP contribution in [0.25, 0.3) is 6.08 Å². The molecule has 31 heavy (non-hydrogen) atoms. The Kier molecular flexibility index (Phi) is 6.85. The van der Waals surface area contributed by atoms with Crippen molar-refractivity contribution in [3.63, 3.8) is 0 Å². The molecule has 3 aromatic carbocycles. The van der Waals surface area contributed by atoms with E-state index in [4.69, 9.17) is 0 Å². The molecule has 0 spiro atoms.